The van der Waals surface area contributed by atoms with Gasteiger partial charge in [0.05, 0.1) is 5.56 Å². The summed E-state index contributed by atoms with van der Waals surface area (Å²) in [5.41, 5.74) is 0.132. The van der Waals surface area contributed by atoms with E-state index >= 15 is 0 Å². The predicted octanol–water partition coefficient (Wildman–Crippen LogP) is 4.41. The maximum absolute atomic E-state index is 12.8. The van der Waals surface area contributed by atoms with Crippen molar-refractivity contribution in [1.82, 2.24) is 4.90 Å². The molecule has 0 saturated carbocycles. The fourth-order valence-corrected chi connectivity index (χ4v) is 3.61. The third-order valence-corrected chi connectivity index (χ3v) is 4.94. The Balaban J connectivity index is 1.53. The van der Waals surface area contributed by atoms with Gasteiger partial charge in [-0.25, -0.2) is 0 Å². The highest BCUT2D eigenvalue weighted by molar-refractivity contribution is 9.18. The number of alkyl halides is 3. The molecule has 2 heterocycles. The van der Waals surface area contributed by atoms with Crippen LogP contribution in [0.5, 0.6) is 0 Å². The van der Waals surface area contributed by atoms with Gasteiger partial charge in [0.15, 0.2) is 0 Å². The molecule has 7 heteroatoms. The summed E-state index contributed by atoms with van der Waals surface area (Å²) < 4.78 is 39.1. The summed E-state index contributed by atoms with van der Waals surface area (Å²) in [4.78, 5) is 7.61. The van der Waals surface area contributed by atoms with Crippen LogP contribution < -0.4 is 0 Å². The molecule has 126 valence electrons. The van der Waals surface area contributed by atoms with Crippen molar-refractivity contribution >= 4 is 20.6 Å². The van der Waals surface area contributed by atoms with Gasteiger partial charge in [0.2, 0.25) is 0 Å². The first-order valence-corrected chi connectivity index (χ1v) is 8.48. The molecular weight excluding hydrogens is 373 g/mol. The monoisotopic (exact) mass is 390 g/mol. The summed E-state index contributed by atoms with van der Waals surface area (Å²) in [5.74, 6) is 0.464. The molecule has 0 aliphatic carbocycles. The van der Waals surface area contributed by atoms with Crippen molar-refractivity contribution in [3.63, 3.8) is 0 Å². The fraction of sp³-hybridized carbons (Fsp3) is 0.562. The lowest BCUT2D eigenvalue weighted by atomic mass is 9.90. The zero-order valence-electron chi connectivity index (χ0n) is 12.5. The third kappa shape index (κ3) is 4.26. The van der Waals surface area contributed by atoms with Crippen molar-refractivity contribution < 1.29 is 18.0 Å². The van der Waals surface area contributed by atoms with Crippen LogP contribution in [-0.2, 0) is 17.6 Å². The Morgan fingerprint density at radius 3 is 2.61 bits per heavy atom. The summed E-state index contributed by atoms with van der Waals surface area (Å²) >= 11 is 3.35. The Hall–Kier alpha value is -1.08. The van der Waals surface area contributed by atoms with Gasteiger partial charge in [0.25, 0.3) is 0 Å². The van der Waals surface area contributed by atoms with Crippen molar-refractivity contribution in [2.75, 3.05) is 13.1 Å². The van der Waals surface area contributed by atoms with Crippen LogP contribution in [0.4, 0.5) is 13.2 Å². The average Bonchev–Trinajstić information content (AvgIpc) is 2.94. The standard InChI is InChI=1S/C16H18BrF3N2O/c17-15-9-14(23-21-15)12-4-6-22(7-5-12)10-11-2-1-3-13(8-11)16(18,19)20/h1-3,8,12,14H,4-7,9-10H2. The average molecular weight is 391 g/mol. The van der Waals surface area contributed by atoms with Crippen molar-refractivity contribution in [3.05, 3.63) is 35.4 Å². The van der Waals surface area contributed by atoms with Gasteiger partial charge in [-0.05, 0) is 53.5 Å². The zero-order valence-corrected chi connectivity index (χ0v) is 14.1. The molecule has 1 unspecified atom stereocenters. The molecule has 1 fully saturated rings. The van der Waals surface area contributed by atoms with E-state index in [1.807, 2.05) is 0 Å². The number of hydrogen-bond donors (Lipinski definition) is 0. The van der Waals surface area contributed by atoms with E-state index in [0.717, 1.165) is 43.0 Å². The molecule has 3 nitrogen and oxygen atoms in total. The highest BCUT2D eigenvalue weighted by Gasteiger charge is 2.32. The number of likely N-dealkylation sites (tertiary alicyclic amines) is 1. The van der Waals surface area contributed by atoms with Gasteiger partial charge in [-0.3, -0.25) is 4.90 Å². The summed E-state index contributed by atoms with van der Waals surface area (Å²) in [5, 5.41) is 3.93. The number of oxime groups is 1. The normalized spacial score (nSPS) is 23.7. The maximum Gasteiger partial charge on any atom is 0.416 e. The van der Waals surface area contributed by atoms with Crippen molar-refractivity contribution in [3.8, 4) is 0 Å². The Labute approximate surface area is 141 Å². The highest BCUT2D eigenvalue weighted by atomic mass is 79.9. The second-order valence-corrected chi connectivity index (χ2v) is 7.04. The molecule has 0 spiro atoms. The number of benzene rings is 1. The van der Waals surface area contributed by atoms with Crippen molar-refractivity contribution in [2.24, 2.45) is 11.1 Å². The lowest BCUT2D eigenvalue weighted by Gasteiger charge is -2.33. The van der Waals surface area contributed by atoms with E-state index in [2.05, 4.69) is 26.0 Å². The highest BCUT2D eigenvalue weighted by Crippen LogP contribution is 2.31. The van der Waals surface area contributed by atoms with Crippen LogP contribution in [0.15, 0.2) is 29.4 Å². The Kier molecular flexibility index (Phi) is 4.96. The third-order valence-electron chi connectivity index (χ3n) is 4.48. The second-order valence-electron chi connectivity index (χ2n) is 6.13. The smallest absolute Gasteiger partial charge is 0.391 e. The molecule has 0 amide bonds. The molecule has 0 aromatic heterocycles. The molecule has 0 bridgehead atoms. The first kappa shape index (κ1) is 16.8. The maximum atomic E-state index is 12.8. The van der Waals surface area contributed by atoms with Crippen LogP contribution in [0.1, 0.15) is 30.4 Å². The molecule has 1 atom stereocenters. The van der Waals surface area contributed by atoms with Crippen molar-refractivity contribution in [2.45, 2.75) is 38.1 Å². The molecule has 1 aromatic carbocycles. The van der Waals surface area contributed by atoms with Crippen LogP contribution in [0, 0.1) is 5.92 Å². The van der Waals surface area contributed by atoms with E-state index in [1.165, 1.54) is 12.1 Å². The van der Waals surface area contributed by atoms with Gasteiger partial charge >= 0.3 is 6.18 Å². The van der Waals surface area contributed by atoms with Gasteiger partial charge in [0.1, 0.15) is 10.7 Å². The van der Waals surface area contributed by atoms with Gasteiger partial charge in [-0.15, -0.1) is 0 Å². The Bertz CT molecular complexity index is 583. The lowest BCUT2D eigenvalue weighted by Crippen LogP contribution is -2.37. The van der Waals surface area contributed by atoms with E-state index in [4.69, 9.17) is 4.84 Å². The minimum Gasteiger partial charge on any atom is -0.391 e. The molecule has 0 N–H and O–H groups in total. The first-order chi connectivity index (χ1) is 10.9. The van der Waals surface area contributed by atoms with Crippen LogP contribution in [0.25, 0.3) is 0 Å². The molecular formula is C16H18BrF3N2O. The van der Waals surface area contributed by atoms with E-state index in [1.54, 1.807) is 6.07 Å². The summed E-state index contributed by atoms with van der Waals surface area (Å²) in [6.45, 7) is 2.30. The summed E-state index contributed by atoms with van der Waals surface area (Å²) in [6, 6.07) is 5.60. The molecule has 1 saturated heterocycles. The minimum atomic E-state index is -4.28. The quantitative estimate of drug-likeness (QED) is 0.763. The van der Waals surface area contributed by atoms with Crippen LogP contribution in [0.3, 0.4) is 0 Å². The number of hydrogen-bond acceptors (Lipinski definition) is 3. The zero-order chi connectivity index (χ0) is 16.4. The van der Waals surface area contributed by atoms with Crippen LogP contribution in [0.2, 0.25) is 0 Å². The van der Waals surface area contributed by atoms with E-state index in [9.17, 15) is 13.2 Å². The number of halogens is 4. The van der Waals surface area contributed by atoms with E-state index in [0.29, 0.717) is 18.0 Å². The van der Waals surface area contributed by atoms with Gasteiger partial charge < -0.3 is 4.84 Å². The SMILES string of the molecule is FC(F)(F)c1cccc(CN2CCC(C3CC(Br)=NO3)CC2)c1. The van der Waals surface area contributed by atoms with Crippen LogP contribution >= 0.6 is 15.9 Å². The predicted molar refractivity (Wildman–Crippen MR) is 85.3 cm³/mol. The fourth-order valence-electron chi connectivity index (χ4n) is 3.21. The summed E-state index contributed by atoms with van der Waals surface area (Å²) in [7, 11) is 0. The minimum absolute atomic E-state index is 0.139. The van der Waals surface area contributed by atoms with E-state index in [-0.39, 0.29) is 6.10 Å². The molecule has 2 aliphatic rings. The molecule has 23 heavy (non-hydrogen) atoms. The number of piperidine rings is 1. The number of rotatable bonds is 3. The summed E-state index contributed by atoms with van der Waals surface area (Å²) in [6.07, 6.45) is -1.35. The lowest BCUT2D eigenvalue weighted by molar-refractivity contribution is -0.137. The number of nitrogens with zero attached hydrogens (tertiary/aromatic N) is 2. The van der Waals surface area contributed by atoms with Gasteiger partial charge in [-0.1, -0.05) is 23.4 Å². The second kappa shape index (κ2) is 6.81. The van der Waals surface area contributed by atoms with E-state index < -0.39 is 11.7 Å². The van der Waals surface area contributed by atoms with Crippen LogP contribution in [-0.4, -0.2) is 28.7 Å². The molecule has 3 rings (SSSR count). The largest absolute Gasteiger partial charge is 0.416 e. The molecule has 1 aromatic rings. The van der Waals surface area contributed by atoms with Gasteiger partial charge in [-0.2, -0.15) is 13.2 Å². The van der Waals surface area contributed by atoms with Crippen molar-refractivity contribution in [1.29, 1.82) is 0 Å². The topological polar surface area (TPSA) is 24.8 Å². The Morgan fingerprint density at radius 1 is 1.26 bits per heavy atom. The van der Waals surface area contributed by atoms with Gasteiger partial charge in [0, 0.05) is 18.9 Å². The first-order valence-electron chi connectivity index (χ1n) is 7.68. The molecule has 2 aliphatic heterocycles. The molecule has 0 radical (unpaired) electrons. The Morgan fingerprint density at radius 2 is 2.00 bits per heavy atom.